The number of esters is 2. The first-order valence-corrected chi connectivity index (χ1v) is 5.52. The number of hydrogen-bond acceptors (Lipinski definition) is 8. The molecule has 0 saturated heterocycles. The average molecular weight is 299 g/mol. The number of carbonyl (C=O) groups excluding carboxylic acids is 2. The third kappa shape index (κ3) is 2.86. The van der Waals surface area contributed by atoms with Crippen molar-refractivity contribution in [3.8, 4) is 11.5 Å². The number of ether oxygens (including phenoxy) is 4. The highest BCUT2D eigenvalue weighted by molar-refractivity contribution is 6.02. The van der Waals surface area contributed by atoms with Gasteiger partial charge in [0.2, 0.25) is 11.5 Å². The second-order valence-corrected chi connectivity index (χ2v) is 3.63. The van der Waals surface area contributed by atoms with Crippen LogP contribution in [0, 0.1) is 10.1 Å². The van der Waals surface area contributed by atoms with Crippen molar-refractivity contribution in [3.05, 3.63) is 27.3 Å². The molecule has 0 spiro atoms. The van der Waals surface area contributed by atoms with Crippen LogP contribution in [0.15, 0.2) is 6.07 Å². The van der Waals surface area contributed by atoms with Crippen LogP contribution < -0.4 is 9.47 Å². The van der Waals surface area contributed by atoms with Crippen molar-refractivity contribution >= 4 is 17.6 Å². The Labute approximate surface area is 119 Å². The van der Waals surface area contributed by atoms with E-state index in [9.17, 15) is 19.7 Å². The van der Waals surface area contributed by atoms with Crippen molar-refractivity contribution < 1.29 is 33.5 Å². The molecule has 0 bridgehead atoms. The first-order valence-electron chi connectivity index (χ1n) is 5.52. The normalized spacial score (nSPS) is 9.71. The molecule has 114 valence electrons. The third-order valence-electron chi connectivity index (χ3n) is 2.61. The molecule has 0 N–H and O–H groups in total. The maximum Gasteiger partial charge on any atom is 0.354 e. The highest BCUT2D eigenvalue weighted by Gasteiger charge is 2.34. The van der Waals surface area contributed by atoms with Crippen LogP contribution in [0.1, 0.15) is 20.7 Å². The van der Waals surface area contributed by atoms with E-state index in [0.717, 1.165) is 34.5 Å². The summed E-state index contributed by atoms with van der Waals surface area (Å²) in [5.41, 5.74) is -1.23. The molecule has 0 aliphatic carbocycles. The lowest BCUT2D eigenvalue weighted by Gasteiger charge is -2.13. The lowest BCUT2D eigenvalue weighted by Crippen LogP contribution is -2.12. The van der Waals surface area contributed by atoms with Gasteiger partial charge in [-0.3, -0.25) is 10.1 Å². The van der Waals surface area contributed by atoms with E-state index < -0.39 is 22.5 Å². The van der Waals surface area contributed by atoms with Gasteiger partial charge < -0.3 is 18.9 Å². The molecule has 0 amide bonds. The Morgan fingerprint density at radius 3 is 1.57 bits per heavy atom. The van der Waals surface area contributed by atoms with E-state index in [-0.39, 0.29) is 22.6 Å². The molecule has 0 atom stereocenters. The van der Waals surface area contributed by atoms with Gasteiger partial charge in [-0.1, -0.05) is 0 Å². The Hall–Kier alpha value is -2.84. The fourth-order valence-electron chi connectivity index (χ4n) is 1.74. The van der Waals surface area contributed by atoms with Gasteiger partial charge in [-0.15, -0.1) is 0 Å². The number of benzene rings is 1. The highest BCUT2D eigenvalue weighted by Crippen LogP contribution is 2.42. The van der Waals surface area contributed by atoms with Crippen LogP contribution in [0.5, 0.6) is 11.5 Å². The van der Waals surface area contributed by atoms with E-state index >= 15 is 0 Å². The van der Waals surface area contributed by atoms with Gasteiger partial charge in [0.05, 0.1) is 33.4 Å². The second-order valence-electron chi connectivity index (χ2n) is 3.63. The number of rotatable bonds is 5. The van der Waals surface area contributed by atoms with E-state index in [0.29, 0.717) is 0 Å². The van der Waals surface area contributed by atoms with E-state index in [1.54, 1.807) is 0 Å². The predicted molar refractivity (Wildman–Crippen MR) is 68.9 cm³/mol. The monoisotopic (exact) mass is 299 g/mol. The molecular formula is C12H13NO8. The zero-order chi connectivity index (χ0) is 16.2. The summed E-state index contributed by atoms with van der Waals surface area (Å²) in [6.07, 6.45) is 0. The van der Waals surface area contributed by atoms with E-state index in [4.69, 9.17) is 9.47 Å². The molecular weight excluding hydrogens is 286 g/mol. The number of carbonyl (C=O) groups is 2. The minimum atomic E-state index is -0.900. The Balaban J connectivity index is 3.84. The number of nitro groups is 1. The van der Waals surface area contributed by atoms with Crippen LogP contribution in [-0.2, 0) is 9.47 Å². The predicted octanol–water partition coefficient (Wildman–Crippen LogP) is 1.19. The minimum Gasteiger partial charge on any atom is -0.489 e. The van der Waals surface area contributed by atoms with E-state index in [1.807, 2.05) is 0 Å². The van der Waals surface area contributed by atoms with Gasteiger partial charge in [0, 0.05) is 0 Å². The van der Waals surface area contributed by atoms with Crippen LogP contribution in [0.3, 0.4) is 0 Å². The summed E-state index contributed by atoms with van der Waals surface area (Å²) >= 11 is 0. The average Bonchev–Trinajstić information content (AvgIpc) is 2.50. The molecule has 0 aliphatic rings. The van der Waals surface area contributed by atoms with Crippen LogP contribution >= 0.6 is 0 Å². The van der Waals surface area contributed by atoms with Gasteiger partial charge in [0.25, 0.3) is 0 Å². The number of nitro benzene ring substituents is 1. The van der Waals surface area contributed by atoms with Gasteiger partial charge >= 0.3 is 17.6 Å². The third-order valence-corrected chi connectivity index (χ3v) is 2.61. The van der Waals surface area contributed by atoms with Crippen molar-refractivity contribution in [2.45, 2.75) is 0 Å². The van der Waals surface area contributed by atoms with Crippen LogP contribution in [-0.4, -0.2) is 45.3 Å². The molecule has 0 unspecified atom stereocenters. The fourth-order valence-corrected chi connectivity index (χ4v) is 1.74. The van der Waals surface area contributed by atoms with E-state index in [1.165, 1.54) is 0 Å². The van der Waals surface area contributed by atoms with Gasteiger partial charge in [-0.2, -0.15) is 0 Å². The summed E-state index contributed by atoms with van der Waals surface area (Å²) < 4.78 is 18.8. The standard InChI is InChI=1S/C12H13NO8/c1-18-9-6(11(14)20-3)5-7(12(15)21-4)10(19-2)8(9)13(16)17/h5H,1-4H3. The van der Waals surface area contributed by atoms with Crippen molar-refractivity contribution in [2.75, 3.05) is 28.4 Å². The first kappa shape index (κ1) is 16.2. The van der Waals surface area contributed by atoms with Crippen molar-refractivity contribution in [1.29, 1.82) is 0 Å². The molecule has 0 radical (unpaired) electrons. The van der Waals surface area contributed by atoms with Gasteiger partial charge in [-0.05, 0) is 6.07 Å². The van der Waals surface area contributed by atoms with Gasteiger partial charge in [-0.25, -0.2) is 9.59 Å². The maximum absolute atomic E-state index is 11.7. The second kappa shape index (κ2) is 6.55. The molecule has 0 aliphatic heterocycles. The highest BCUT2D eigenvalue weighted by atomic mass is 16.6. The minimum absolute atomic E-state index is 0.284. The first-order chi connectivity index (χ1) is 9.92. The van der Waals surface area contributed by atoms with Crippen LogP contribution in [0.4, 0.5) is 5.69 Å². The SMILES string of the molecule is COC(=O)c1cc(C(=O)OC)c(OC)c([N+](=O)[O-])c1OC. The zero-order valence-corrected chi connectivity index (χ0v) is 11.8. The molecule has 1 aromatic rings. The summed E-state index contributed by atoms with van der Waals surface area (Å²) in [6, 6.07) is 1.06. The Kier molecular flexibility index (Phi) is 5.06. The molecule has 9 nitrogen and oxygen atoms in total. The van der Waals surface area contributed by atoms with Gasteiger partial charge in [0.1, 0.15) is 11.1 Å². The molecule has 9 heteroatoms. The fraction of sp³-hybridized carbons (Fsp3) is 0.333. The number of hydrogen-bond donors (Lipinski definition) is 0. The Morgan fingerprint density at radius 1 is 0.952 bits per heavy atom. The zero-order valence-electron chi connectivity index (χ0n) is 11.8. The Morgan fingerprint density at radius 2 is 1.33 bits per heavy atom. The van der Waals surface area contributed by atoms with E-state index in [2.05, 4.69) is 9.47 Å². The van der Waals surface area contributed by atoms with Crippen LogP contribution in [0.25, 0.3) is 0 Å². The molecule has 1 aromatic carbocycles. The lowest BCUT2D eigenvalue weighted by molar-refractivity contribution is -0.386. The van der Waals surface area contributed by atoms with Crippen molar-refractivity contribution in [1.82, 2.24) is 0 Å². The summed E-state index contributed by atoms with van der Waals surface area (Å²) in [4.78, 5) is 33.8. The quantitative estimate of drug-likeness (QED) is 0.452. The number of methoxy groups -OCH3 is 4. The number of nitrogens with zero attached hydrogens (tertiary/aromatic N) is 1. The van der Waals surface area contributed by atoms with Crippen molar-refractivity contribution in [2.24, 2.45) is 0 Å². The Bertz CT molecular complexity index is 553. The smallest absolute Gasteiger partial charge is 0.354 e. The summed E-state index contributed by atoms with van der Waals surface area (Å²) in [5.74, 6) is -2.53. The molecule has 0 heterocycles. The molecule has 0 fully saturated rings. The maximum atomic E-state index is 11.7. The molecule has 0 saturated carbocycles. The van der Waals surface area contributed by atoms with Crippen LogP contribution in [0.2, 0.25) is 0 Å². The summed E-state index contributed by atoms with van der Waals surface area (Å²) in [7, 11) is 4.48. The largest absolute Gasteiger partial charge is 0.489 e. The summed E-state index contributed by atoms with van der Waals surface area (Å²) in [6.45, 7) is 0. The van der Waals surface area contributed by atoms with Gasteiger partial charge in [0.15, 0.2) is 0 Å². The molecule has 21 heavy (non-hydrogen) atoms. The topological polar surface area (TPSA) is 114 Å². The molecule has 0 aromatic heterocycles. The lowest BCUT2D eigenvalue weighted by atomic mass is 10.1. The van der Waals surface area contributed by atoms with Crippen molar-refractivity contribution in [3.63, 3.8) is 0 Å². The summed E-state index contributed by atoms with van der Waals surface area (Å²) in [5, 5.41) is 11.2. The molecule has 1 rings (SSSR count).